The van der Waals surface area contributed by atoms with Crippen LogP contribution < -0.4 is 4.90 Å². The highest BCUT2D eigenvalue weighted by atomic mass is 35.5. The van der Waals surface area contributed by atoms with Crippen LogP contribution in [0.15, 0.2) is 30.7 Å². The summed E-state index contributed by atoms with van der Waals surface area (Å²) in [7, 11) is 0. The van der Waals surface area contributed by atoms with Crippen molar-refractivity contribution in [2.24, 2.45) is 11.8 Å². The third kappa shape index (κ3) is 4.60. The highest BCUT2D eigenvalue weighted by Gasteiger charge is 2.56. The van der Waals surface area contributed by atoms with E-state index in [1.165, 1.54) is 11.8 Å². The smallest absolute Gasteiger partial charge is 0.252 e. The summed E-state index contributed by atoms with van der Waals surface area (Å²) < 4.78 is 27.5. The number of carbonyl (C=O) groups is 1. The first-order valence-corrected chi connectivity index (χ1v) is 10.3. The average molecular weight is 415 g/mol. The molecular formula is C18H21ClF2N4OS. The number of anilines is 1. The van der Waals surface area contributed by atoms with Crippen LogP contribution in [0, 0.1) is 11.8 Å². The number of halogens is 3. The van der Waals surface area contributed by atoms with Gasteiger partial charge in [-0.15, -0.1) is 0 Å². The minimum Gasteiger partial charge on any atom is -0.308 e. The van der Waals surface area contributed by atoms with Crippen LogP contribution in [0.5, 0.6) is 0 Å². The molecule has 2 atom stereocenters. The Hall–Kier alpha value is -1.67. The molecule has 2 aromatic heterocycles. The fraction of sp³-hybridized carbons (Fsp3) is 0.500. The second-order valence-electron chi connectivity index (χ2n) is 6.64. The van der Waals surface area contributed by atoms with Gasteiger partial charge in [-0.05, 0) is 19.1 Å². The number of amides is 1. The van der Waals surface area contributed by atoms with E-state index in [0.29, 0.717) is 23.7 Å². The van der Waals surface area contributed by atoms with E-state index >= 15 is 0 Å². The van der Waals surface area contributed by atoms with Crippen LogP contribution in [-0.4, -0.2) is 44.6 Å². The Morgan fingerprint density at radius 1 is 1.56 bits per heavy atom. The van der Waals surface area contributed by atoms with Crippen LogP contribution in [0.25, 0.3) is 5.69 Å². The molecule has 2 aromatic rings. The molecule has 0 spiro atoms. The zero-order valence-electron chi connectivity index (χ0n) is 15.1. The first-order chi connectivity index (χ1) is 12.8. The summed E-state index contributed by atoms with van der Waals surface area (Å²) in [5.74, 6) is -2.57. The maximum absolute atomic E-state index is 13.0. The predicted octanol–water partition coefficient (Wildman–Crippen LogP) is 4.30. The monoisotopic (exact) mass is 414 g/mol. The van der Waals surface area contributed by atoms with Crippen molar-refractivity contribution in [2.75, 3.05) is 23.0 Å². The van der Waals surface area contributed by atoms with Gasteiger partial charge in [0.25, 0.3) is 5.92 Å². The molecule has 1 fully saturated rings. The molecule has 3 rings (SSSR count). The van der Waals surface area contributed by atoms with E-state index < -0.39 is 11.8 Å². The summed E-state index contributed by atoms with van der Waals surface area (Å²) in [5.41, 5.74) is 1.27. The molecule has 0 N–H and O–H groups in total. The standard InChI is InChI=1S/C18H21ClF2N4OS/c1-3-24(17(26)12(2)10-27-11-13-7-18(13,20)21)15-9-25(23-16(15)19)14-5-4-6-22-8-14/h4-6,8-9,12-13H,3,7,10-11H2,1-2H3. The van der Waals surface area contributed by atoms with Crippen molar-refractivity contribution in [3.63, 3.8) is 0 Å². The van der Waals surface area contributed by atoms with Crippen molar-refractivity contribution in [1.82, 2.24) is 14.8 Å². The summed E-state index contributed by atoms with van der Waals surface area (Å²) in [5, 5.41) is 4.49. The van der Waals surface area contributed by atoms with Gasteiger partial charge in [0, 0.05) is 42.5 Å². The van der Waals surface area contributed by atoms with Gasteiger partial charge < -0.3 is 4.90 Å². The van der Waals surface area contributed by atoms with Crippen molar-refractivity contribution in [3.8, 4) is 5.69 Å². The van der Waals surface area contributed by atoms with Crippen molar-refractivity contribution in [3.05, 3.63) is 35.9 Å². The number of nitrogens with zero attached hydrogens (tertiary/aromatic N) is 4. The molecule has 0 radical (unpaired) electrons. The normalized spacial score (nSPS) is 18.9. The lowest BCUT2D eigenvalue weighted by atomic mass is 10.2. The summed E-state index contributed by atoms with van der Waals surface area (Å²) in [6.45, 7) is 4.11. The molecule has 0 saturated heterocycles. The number of rotatable bonds is 8. The molecule has 27 heavy (non-hydrogen) atoms. The minimum atomic E-state index is -2.51. The topological polar surface area (TPSA) is 51.0 Å². The number of thioether (sulfide) groups is 1. The summed E-state index contributed by atoms with van der Waals surface area (Å²) in [4.78, 5) is 18.5. The Labute approximate surface area is 166 Å². The summed E-state index contributed by atoms with van der Waals surface area (Å²) >= 11 is 7.67. The molecule has 0 aromatic carbocycles. The molecule has 5 nitrogen and oxygen atoms in total. The van der Waals surface area contributed by atoms with Crippen LogP contribution in [0.3, 0.4) is 0 Å². The highest BCUT2D eigenvalue weighted by molar-refractivity contribution is 7.99. The molecule has 2 heterocycles. The Bertz CT molecular complexity index is 802. The lowest BCUT2D eigenvalue weighted by Gasteiger charge is -2.23. The van der Waals surface area contributed by atoms with Crippen molar-refractivity contribution in [1.29, 1.82) is 0 Å². The second kappa shape index (κ2) is 8.14. The Morgan fingerprint density at radius 2 is 2.30 bits per heavy atom. The second-order valence-corrected chi connectivity index (χ2v) is 8.08. The van der Waals surface area contributed by atoms with Crippen LogP contribution in [0.2, 0.25) is 5.15 Å². The number of aromatic nitrogens is 3. The van der Waals surface area contributed by atoms with E-state index in [-0.39, 0.29) is 23.4 Å². The van der Waals surface area contributed by atoms with Crippen LogP contribution in [0.1, 0.15) is 20.3 Å². The first-order valence-electron chi connectivity index (χ1n) is 8.76. The maximum Gasteiger partial charge on any atom is 0.252 e. The molecular weight excluding hydrogens is 394 g/mol. The lowest BCUT2D eigenvalue weighted by molar-refractivity contribution is -0.121. The highest BCUT2D eigenvalue weighted by Crippen LogP contribution is 2.50. The fourth-order valence-corrected chi connectivity index (χ4v) is 4.28. The summed E-state index contributed by atoms with van der Waals surface area (Å²) in [6, 6.07) is 3.63. The molecule has 1 amide bonds. The van der Waals surface area contributed by atoms with Gasteiger partial charge in [-0.25, -0.2) is 13.5 Å². The third-order valence-corrected chi connectivity index (χ3v) is 6.14. The molecule has 1 aliphatic carbocycles. The first kappa shape index (κ1) is 20.1. The lowest BCUT2D eigenvalue weighted by Crippen LogP contribution is -2.36. The van der Waals surface area contributed by atoms with E-state index in [9.17, 15) is 13.6 Å². The van der Waals surface area contributed by atoms with Gasteiger partial charge in [0.05, 0.1) is 18.1 Å². The molecule has 0 bridgehead atoms. The van der Waals surface area contributed by atoms with Gasteiger partial charge in [0.2, 0.25) is 5.91 Å². The minimum absolute atomic E-state index is 0.0352. The fourth-order valence-electron chi connectivity index (χ4n) is 2.77. The van der Waals surface area contributed by atoms with Crippen LogP contribution in [0.4, 0.5) is 14.5 Å². The largest absolute Gasteiger partial charge is 0.308 e. The Balaban J connectivity index is 1.65. The van der Waals surface area contributed by atoms with Crippen molar-refractivity contribution < 1.29 is 13.6 Å². The maximum atomic E-state index is 13.0. The van der Waals surface area contributed by atoms with Gasteiger partial charge in [0.1, 0.15) is 5.69 Å². The van der Waals surface area contributed by atoms with E-state index in [2.05, 4.69) is 10.1 Å². The Morgan fingerprint density at radius 3 is 2.89 bits per heavy atom. The molecule has 1 saturated carbocycles. The van der Waals surface area contributed by atoms with Gasteiger partial charge >= 0.3 is 0 Å². The van der Waals surface area contributed by atoms with Crippen LogP contribution in [-0.2, 0) is 4.79 Å². The van der Waals surface area contributed by atoms with Gasteiger partial charge in [-0.3, -0.25) is 9.78 Å². The number of pyridine rings is 1. The van der Waals surface area contributed by atoms with Gasteiger partial charge in [0.15, 0.2) is 5.15 Å². The zero-order chi connectivity index (χ0) is 19.6. The quantitative estimate of drug-likeness (QED) is 0.646. The number of hydrogen-bond acceptors (Lipinski definition) is 4. The van der Waals surface area contributed by atoms with Crippen molar-refractivity contribution in [2.45, 2.75) is 26.2 Å². The Kier molecular flexibility index (Phi) is 6.05. The van der Waals surface area contributed by atoms with Gasteiger partial charge in [-0.2, -0.15) is 16.9 Å². The number of carbonyl (C=O) groups excluding carboxylic acids is 1. The van der Waals surface area contributed by atoms with E-state index in [4.69, 9.17) is 11.6 Å². The van der Waals surface area contributed by atoms with Crippen LogP contribution >= 0.6 is 23.4 Å². The molecule has 0 aliphatic heterocycles. The predicted molar refractivity (Wildman–Crippen MR) is 104 cm³/mol. The number of alkyl halides is 2. The van der Waals surface area contributed by atoms with E-state index in [0.717, 1.165) is 5.69 Å². The van der Waals surface area contributed by atoms with E-state index in [1.807, 2.05) is 19.9 Å². The van der Waals surface area contributed by atoms with E-state index in [1.54, 1.807) is 34.2 Å². The third-order valence-electron chi connectivity index (χ3n) is 4.50. The zero-order valence-corrected chi connectivity index (χ0v) is 16.7. The molecule has 9 heteroatoms. The SMILES string of the molecule is CCN(C(=O)C(C)CSCC1CC1(F)F)c1cn(-c2cccnc2)nc1Cl. The van der Waals surface area contributed by atoms with Gasteiger partial charge in [-0.1, -0.05) is 18.5 Å². The number of hydrogen-bond donors (Lipinski definition) is 0. The average Bonchev–Trinajstić information content (AvgIpc) is 3.08. The molecule has 146 valence electrons. The molecule has 1 aliphatic rings. The van der Waals surface area contributed by atoms with Crippen molar-refractivity contribution >= 4 is 35.0 Å². The molecule has 2 unspecified atom stereocenters. The summed E-state index contributed by atoms with van der Waals surface area (Å²) in [6.07, 6.45) is 4.98.